The summed E-state index contributed by atoms with van der Waals surface area (Å²) in [7, 11) is 0. The number of amides is 1. The molecule has 156 valence electrons. The largest absolute Gasteiger partial charge is 0.381 e. The second kappa shape index (κ2) is 9.07. The number of nitrogens with one attached hydrogen (secondary N) is 1. The number of tetrazole rings is 1. The second-order valence-corrected chi connectivity index (χ2v) is 8.22. The predicted molar refractivity (Wildman–Crippen MR) is 116 cm³/mol. The molecule has 3 aromatic rings. The van der Waals surface area contributed by atoms with Gasteiger partial charge in [-0.15, -0.1) is 5.10 Å². The molecule has 1 N–H and O–H groups in total. The van der Waals surface area contributed by atoms with Crippen molar-refractivity contribution in [3.8, 4) is 0 Å². The molecular weight excluding hydrogens is 376 g/mol. The van der Waals surface area contributed by atoms with Crippen molar-refractivity contribution in [3.05, 3.63) is 71.5 Å². The molecule has 0 spiro atoms. The molecule has 0 aliphatic carbocycles. The SMILES string of the molecule is CC(C)c1ccc(N[C@H]2CCCN(C(=O)c3ccc(Cn4cnnn4)cc3)C2)cc1. The molecule has 0 radical (unpaired) electrons. The number of piperidine rings is 1. The number of anilines is 1. The summed E-state index contributed by atoms with van der Waals surface area (Å²) >= 11 is 0. The van der Waals surface area contributed by atoms with Gasteiger partial charge >= 0.3 is 0 Å². The lowest BCUT2D eigenvalue weighted by Gasteiger charge is -2.34. The Bertz CT molecular complexity index is 950. The highest BCUT2D eigenvalue weighted by molar-refractivity contribution is 5.94. The van der Waals surface area contributed by atoms with Crippen molar-refractivity contribution in [1.82, 2.24) is 25.1 Å². The number of rotatable bonds is 6. The first kappa shape index (κ1) is 20.1. The zero-order chi connectivity index (χ0) is 20.9. The lowest BCUT2D eigenvalue weighted by Crippen LogP contribution is -2.45. The first-order valence-corrected chi connectivity index (χ1v) is 10.5. The summed E-state index contributed by atoms with van der Waals surface area (Å²) in [6.07, 6.45) is 3.65. The molecule has 2 heterocycles. The van der Waals surface area contributed by atoms with Crippen LogP contribution in [-0.2, 0) is 6.54 Å². The smallest absolute Gasteiger partial charge is 0.253 e. The van der Waals surface area contributed by atoms with Crippen LogP contribution in [0.3, 0.4) is 0 Å². The third kappa shape index (κ3) is 4.84. The molecule has 0 bridgehead atoms. The summed E-state index contributed by atoms with van der Waals surface area (Å²) < 4.78 is 1.66. The molecule has 1 aliphatic heterocycles. The Morgan fingerprint density at radius 1 is 1.13 bits per heavy atom. The van der Waals surface area contributed by atoms with Crippen molar-refractivity contribution >= 4 is 11.6 Å². The summed E-state index contributed by atoms with van der Waals surface area (Å²) in [5, 5.41) is 14.8. The molecule has 1 amide bonds. The normalized spacial score (nSPS) is 16.6. The number of benzene rings is 2. The molecule has 1 aliphatic rings. The Hall–Kier alpha value is -3.22. The van der Waals surface area contributed by atoms with Gasteiger partial charge in [0.15, 0.2) is 0 Å². The van der Waals surface area contributed by atoms with Gasteiger partial charge in [0, 0.05) is 30.4 Å². The van der Waals surface area contributed by atoms with E-state index in [1.54, 1.807) is 11.0 Å². The molecule has 7 nitrogen and oxygen atoms in total. The van der Waals surface area contributed by atoms with Crippen LogP contribution in [0.1, 0.15) is 54.1 Å². The van der Waals surface area contributed by atoms with Crippen LogP contribution in [0.15, 0.2) is 54.9 Å². The van der Waals surface area contributed by atoms with Crippen LogP contribution in [0.25, 0.3) is 0 Å². The van der Waals surface area contributed by atoms with Gasteiger partial charge in [0.25, 0.3) is 5.91 Å². The van der Waals surface area contributed by atoms with Crippen LogP contribution < -0.4 is 5.32 Å². The van der Waals surface area contributed by atoms with E-state index in [9.17, 15) is 4.79 Å². The van der Waals surface area contributed by atoms with Gasteiger partial charge in [0.2, 0.25) is 0 Å². The third-order valence-electron chi connectivity index (χ3n) is 5.59. The fraction of sp³-hybridized carbons (Fsp3) is 0.391. The van der Waals surface area contributed by atoms with Crippen molar-refractivity contribution in [2.75, 3.05) is 18.4 Å². The minimum atomic E-state index is 0.0885. The lowest BCUT2D eigenvalue weighted by atomic mass is 10.0. The molecule has 2 aromatic carbocycles. The van der Waals surface area contributed by atoms with Crippen molar-refractivity contribution < 1.29 is 4.79 Å². The fourth-order valence-electron chi connectivity index (χ4n) is 3.85. The van der Waals surface area contributed by atoms with Crippen molar-refractivity contribution in [3.63, 3.8) is 0 Å². The van der Waals surface area contributed by atoms with Crippen LogP contribution in [0, 0.1) is 0 Å². The van der Waals surface area contributed by atoms with E-state index >= 15 is 0 Å². The van der Waals surface area contributed by atoms with Gasteiger partial charge < -0.3 is 10.2 Å². The minimum absolute atomic E-state index is 0.0885. The Kier molecular flexibility index (Phi) is 6.07. The van der Waals surface area contributed by atoms with Crippen molar-refractivity contribution in [2.24, 2.45) is 0 Å². The first-order valence-electron chi connectivity index (χ1n) is 10.5. The zero-order valence-electron chi connectivity index (χ0n) is 17.5. The van der Waals surface area contributed by atoms with E-state index in [1.165, 1.54) is 5.56 Å². The average Bonchev–Trinajstić information content (AvgIpc) is 3.27. The van der Waals surface area contributed by atoms with Crippen LogP contribution in [-0.4, -0.2) is 50.1 Å². The maximum atomic E-state index is 13.0. The zero-order valence-corrected chi connectivity index (χ0v) is 17.5. The van der Waals surface area contributed by atoms with Gasteiger partial charge in [0.1, 0.15) is 6.33 Å². The van der Waals surface area contributed by atoms with Crippen LogP contribution >= 0.6 is 0 Å². The van der Waals surface area contributed by atoms with E-state index < -0.39 is 0 Å². The molecule has 0 saturated carbocycles. The highest BCUT2D eigenvalue weighted by Crippen LogP contribution is 2.21. The molecule has 30 heavy (non-hydrogen) atoms. The quantitative estimate of drug-likeness (QED) is 0.680. The number of carbonyl (C=O) groups excluding carboxylic acids is 1. The Morgan fingerprint density at radius 3 is 2.57 bits per heavy atom. The predicted octanol–water partition coefficient (Wildman–Crippen LogP) is 3.56. The second-order valence-electron chi connectivity index (χ2n) is 8.22. The van der Waals surface area contributed by atoms with E-state index in [1.807, 2.05) is 29.2 Å². The number of likely N-dealkylation sites (tertiary alicyclic amines) is 1. The Morgan fingerprint density at radius 2 is 1.90 bits per heavy atom. The first-order chi connectivity index (χ1) is 14.6. The van der Waals surface area contributed by atoms with Crippen molar-refractivity contribution in [2.45, 2.75) is 45.2 Å². The van der Waals surface area contributed by atoms with Gasteiger partial charge in [-0.25, -0.2) is 4.68 Å². The molecule has 0 unspecified atom stereocenters. The Labute approximate surface area is 177 Å². The molecule has 1 saturated heterocycles. The van der Waals surface area contributed by atoms with Gasteiger partial charge in [0.05, 0.1) is 6.54 Å². The maximum Gasteiger partial charge on any atom is 0.253 e. The highest BCUT2D eigenvalue weighted by Gasteiger charge is 2.24. The molecule has 4 rings (SSSR count). The van der Waals surface area contributed by atoms with Crippen LogP contribution in [0.5, 0.6) is 0 Å². The van der Waals surface area contributed by atoms with E-state index in [0.29, 0.717) is 12.5 Å². The highest BCUT2D eigenvalue weighted by atomic mass is 16.2. The van der Waals surface area contributed by atoms with E-state index in [-0.39, 0.29) is 11.9 Å². The fourth-order valence-corrected chi connectivity index (χ4v) is 3.85. The summed E-state index contributed by atoms with van der Waals surface area (Å²) in [4.78, 5) is 15.0. The van der Waals surface area contributed by atoms with Gasteiger partial charge in [-0.1, -0.05) is 38.1 Å². The van der Waals surface area contributed by atoms with Gasteiger partial charge in [-0.05, 0) is 64.6 Å². The molecule has 1 atom stereocenters. The number of nitrogens with zero attached hydrogens (tertiary/aromatic N) is 5. The van der Waals surface area contributed by atoms with Crippen LogP contribution in [0.2, 0.25) is 0 Å². The number of carbonyl (C=O) groups is 1. The summed E-state index contributed by atoms with van der Waals surface area (Å²) in [6.45, 7) is 6.51. The molecule has 1 aromatic heterocycles. The molecular formula is C23H28N6O. The minimum Gasteiger partial charge on any atom is -0.381 e. The summed E-state index contributed by atoms with van der Waals surface area (Å²) in [6, 6.07) is 16.6. The van der Waals surface area contributed by atoms with E-state index in [4.69, 9.17) is 0 Å². The Balaban J connectivity index is 1.36. The van der Waals surface area contributed by atoms with Crippen molar-refractivity contribution in [1.29, 1.82) is 0 Å². The van der Waals surface area contributed by atoms with Gasteiger partial charge in [-0.3, -0.25) is 4.79 Å². The number of hydrogen-bond donors (Lipinski definition) is 1. The van der Waals surface area contributed by atoms with E-state index in [0.717, 1.165) is 42.7 Å². The number of aromatic nitrogens is 4. The number of hydrogen-bond acceptors (Lipinski definition) is 5. The molecule has 1 fully saturated rings. The maximum absolute atomic E-state index is 13.0. The standard InChI is InChI=1S/C23H28N6O/c1-17(2)19-9-11-21(12-10-19)25-22-4-3-13-28(15-22)23(30)20-7-5-18(6-8-20)14-29-16-24-26-27-29/h5-12,16-17,22,25H,3-4,13-15H2,1-2H3/t22-/m0/s1. The molecule has 7 heteroatoms. The van der Waals surface area contributed by atoms with Gasteiger partial charge in [-0.2, -0.15) is 0 Å². The third-order valence-corrected chi connectivity index (χ3v) is 5.59. The lowest BCUT2D eigenvalue weighted by molar-refractivity contribution is 0.0715. The topological polar surface area (TPSA) is 75.9 Å². The summed E-state index contributed by atoms with van der Waals surface area (Å²) in [5.41, 5.74) is 4.23. The van der Waals surface area contributed by atoms with Crippen LogP contribution in [0.4, 0.5) is 5.69 Å². The summed E-state index contributed by atoms with van der Waals surface area (Å²) in [5.74, 6) is 0.617. The average molecular weight is 405 g/mol. The monoisotopic (exact) mass is 404 g/mol. The van der Waals surface area contributed by atoms with E-state index in [2.05, 4.69) is 59.0 Å².